The van der Waals surface area contributed by atoms with Crippen molar-refractivity contribution >= 4 is 5.78 Å². The van der Waals surface area contributed by atoms with Gasteiger partial charge in [0.25, 0.3) is 0 Å². The topological polar surface area (TPSA) is 17.1 Å². The maximum atomic E-state index is 10.7. The first-order valence-electron chi connectivity index (χ1n) is 5.68. The molecule has 0 spiro atoms. The highest BCUT2D eigenvalue weighted by Gasteiger charge is 2.17. The Morgan fingerprint density at radius 3 is 2.38 bits per heavy atom. The van der Waals surface area contributed by atoms with Gasteiger partial charge in [0.05, 0.1) is 0 Å². The van der Waals surface area contributed by atoms with E-state index in [9.17, 15) is 4.79 Å². The van der Waals surface area contributed by atoms with Gasteiger partial charge in [-0.15, -0.1) is 0 Å². The molecular weight excluding hydrogens is 160 g/mol. The van der Waals surface area contributed by atoms with Crippen molar-refractivity contribution in [1.29, 1.82) is 0 Å². The molecule has 13 heavy (non-hydrogen) atoms. The number of hydrogen-bond acceptors (Lipinski definition) is 1. The average molecular weight is 182 g/mol. The highest BCUT2D eigenvalue weighted by Crippen LogP contribution is 2.31. The molecule has 1 rings (SSSR count). The van der Waals surface area contributed by atoms with Crippen LogP contribution in [0.15, 0.2) is 0 Å². The predicted octanol–water partition coefficient (Wildman–Crippen LogP) is 3.57. The zero-order chi connectivity index (χ0) is 9.68. The second-order valence-electron chi connectivity index (χ2n) is 4.72. The summed E-state index contributed by atoms with van der Waals surface area (Å²) in [5.74, 6) is 2.23. The fraction of sp³-hybridized carbons (Fsp3) is 0.917. The van der Waals surface area contributed by atoms with E-state index in [1.54, 1.807) is 6.92 Å². The van der Waals surface area contributed by atoms with Crippen LogP contribution in [0.4, 0.5) is 0 Å². The second kappa shape index (κ2) is 5.41. The fourth-order valence-electron chi connectivity index (χ4n) is 2.26. The highest BCUT2D eigenvalue weighted by atomic mass is 16.1. The van der Waals surface area contributed by atoms with Crippen LogP contribution in [0.1, 0.15) is 58.8 Å². The molecule has 1 fully saturated rings. The summed E-state index contributed by atoms with van der Waals surface area (Å²) in [5, 5.41) is 0. The molecular formula is C12H22O. The first-order valence-corrected chi connectivity index (χ1v) is 5.68. The van der Waals surface area contributed by atoms with Crippen LogP contribution in [0, 0.1) is 11.8 Å². The fourth-order valence-corrected chi connectivity index (χ4v) is 2.26. The molecule has 76 valence electrons. The molecule has 0 amide bonds. The quantitative estimate of drug-likeness (QED) is 0.649. The van der Waals surface area contributed by atoms with Crippen molar-refractivity contribution < 1.29 is 4.79 Å². The van der Waals surface area contributed by atoms with Crippen LogP contribution in [0.5, 0.6) is 0 Å². The molecule has 0 bridgehead atoms. The first-order chi connectivity index (χ1) is 6.18. The Balaban J connectivity index is 2.05. The monoisotopic (exact) mass is 182 g/mol. The number of Topliss-reactive ketones (excluding diaryl/α,β-unsaturated/α-hetero) is 1. The minimum Gasteiger partial charge on any atom is -0.300 e. The van der Waals surface area contributed by atoms with E-state index >= 15 is 0 Å². The number of carbonyl (C=O) groups is 1. The SMILES string of the molecule is CC(=O)CCCC1CCC(C)CC1. The molecule has 0 aromatic rings. The predicted molar refractivity (Wildman–Crippen MR) is 55.7 cm³/mol. The molecule has 0 radical (unpaired) electrons. The average Bonchev–Trinajstić information content (AvgIpc) is 2.08. The maximum Gasteiger partial charge on any atom is 0.129 e. The maximum absolute atomic E-state index is 10.7. The van der Waals surface area contributed by atoms with E-state index in [2.05, 4.69) is 6.92 Å². The van der Waals surface area contributed by atoms with Gasteiger partial charge in [0.1, 0.15) is 5.78 Å². The standard InChI is InChI=1S/C12H22O/c1-10-6-8-12(9-7-10)5-3-4-11(2)13/h10,12H,3-9H2,1-2H3. The van der Waals surface area contributed by atoms with Crippen molar-refractivity contribution in [1.82, 2.24) is 0 Å². The Hall–Kier alpha value is -0.330. The summed E-state index contributed by atoms with van der Waals surface area (Å²) in [6.07, 6.45) is 8.82. The molecule has 0 N–H and O–H groups in total. The summed E-state index contributed by atoms with van der Waals surface area (Å²) < 4.78 is 0. The summed E-state index contributed by atoms with van der Waals surface area (Å²) >= 11 is 0. The second-order valence-corrected chi connectivity index (χ2v) is 4.72. The van der Waals surface area contributed by atoms with Gasteiger partial charge in [-0.25, -0.2) is 0 Å². The molecule has 0 aromatic carbocycles. The molecule has 1 aliphatic rings. The van der Waals surface area contributed by atoms with Crippen LogP contribution >= 0.6 is 0 Å². The molecule has 1 nitrogen and oxygen atoms in total. The minimum atomic E-state index is 0.351. The molecule has 1 saturated carbocycles. The summed E-state index contributed by atoms with van der Waals surface area (Å²) in [6, 6.07) is 0. The van der Waals surface area contributed by atoms with Crippen molar-refractivity contribution in [3.8, 4) is 0 Å². The number of ketones is 1. The van der Waals surface area contributed by atoms with Gasteiger partial charge in [-0.05, 0) is 25.2 Å². The lowest BCUT2D eigenvalue weighted by Crippen LogP contribution is -2.12. The van der Waals surface area contributed by atoms with Gasteiger partial charge in [-0.2, -0.15) is 0 Å². The third kappa shape index (κ3) is 4.44. The third-order valence-electron chi connectivity index (χ3n) is 3.28. The Bertz CT molecular complexity index is 155. The van der Waals surface area contributed by atoms with Gasteiger partial charge in [-0.1, -0.05) is 39.0 Å². The van der Waals surface area contributed by atoms with Gasteiger partial charge in [-0.3, -0.25) is 0 Å². The van der Waals surface area contributed by atoms with Crippen molar-refractivity contribution in [3.05, 3.63) is 0 Å². The van der Waals surface area contributed by atoms with Crippen LogP contribution in [-0.4, -0.2) is 5.78 Å². The number of hydrogen-bond donors (Lipinski definition) is 0. The summed E-state index contributed by atoms with van der Waals surface area (Å²) in [6.45, 7) is 4.05. The van der Waals surface area contributed by atoms with Gasteiger partial charge >= 0.3 is 0 Å². The number of rotatable bonds is 4. The van der Waals surface area contributed by atoms with Gasteiger partial charge < -0.3 is 4.79 Å². The lowest BCUT2D eigenvalue weighted by atomic mass is 9.80. The van der Waals surface area contributed by atoms with Gasteiger partial charge in [0.15, 0.2) is 0 Å². The Kier molecular flexibility index (Phi) is 4.47. The van der Waals surface area contributed by atoms with E-state index in [1.807, 2.05) is 0 Å². The van der Waals surface area contributed by atoms with Crippen LogP contribution in [0.2, 0.25) is 0 Å². The van der Waals surface area contributed by atoms with E-state index in [4.69, 9.17) is 0 Å². The minimum absolute atomic E-state index is 0.351. The normalized spacial score (nSPS) is 28.8. The summed E-state index contributed by atoms with van der Waals surface area (Å²) in [4.78, 5) is 10.7. The van der Waals surface area contributed by atoms with E-state index < -0.39 is 0 Å². The van der Waals surface area contributed by atoms with Crippen molar-refractivity contribution in [2.24, 2.45) is 11.8 Å². The smallest absolute Gasteiger partial charge is 0.129 e. The van der Waals surface area contributed by atoms with E-state index in [0.717, 1.165) is 24.7 Å². The van der Waals surface area contributed by atoms with Gasteiger partial charge in [0, 0.05) is 6.42 Å². The van der Waals surface area contributed by atoms with Crippen LogP contribution < -0.4 is 0 Å². The summed E-state index contributed by atoms with van der Waals surface area (Å²) in [5.41, 5.74) is 0. The van der Waals surface area contributed by atoms with E-state index in [1.165, 1.54) is 32.1 Å². The molecule has 0 aliphatic heterocycles. The molecule has 0 atom stereocenters. The molecule has 1 heteroatoms. The van der Waals surface area contributed by atoms with Crippen molar-refractivity contribution in [3.63, 3.8) is 0 Å². The van der Waals surface area contributed by atoms with E-state index in [0.29, 0.717) is 5.78 Å². The molecule has 0 unspecified atom stereocenters. The molecule has 1 aliphatic carbocycles. The molecule has 0 aromatic heterocycles. The lowest BCUT2D eigenvalue weighted by Gasteiger charge is -2.25. The van der Waals surface area contributed by atoms with Crippen LogP contribution in [0.25, 0.3) is 0 Å². The Morgan fingerprint density at radius 2 is 1.85 bits per heavy atom. The Morgan fingerprint density at radius 1 is 1.23 bits per heavy atom. The van der Waals surface area contributed by atoms with Gasteiger partial charge in [0.2, 0.25) is 0 Å². The third-order valence-corrected chi connectivity index (χ3v) is 3.28. The Labute approximate surface area is 81.9 Å². The van der Waals surface area contributed by atoms with Crippen LogP contribution in [0.3, 0.4) is 0 Å². The molecule has 0 heterocycles. The lowest BCUT2D eigenvalue weighted by molar-refractivity contribution is -0.117. The van der Waals surface area contributed by atoms with Crippen molar-refractivity contribution in [2.75, 3.05) is 0 Å². The van der Waals surface area contributed by atoms with E-state index in [-0.39, 0.29) is 0 Å². The first kappa shape index (κ1) is 10.7. The summed E-state index contributed by atoms with van der Waals surface area (Å²) in [7, 11) is 0. The van der Waals surface area contributed by atoms with Crippen LogP contribution in [-0.2, 0) is 4.79 Å². The highest BCUT2D eigenvalue weighted by molar-refractivity contribution is 5.75. The zero-order valence-electron chi connectivity index (χ0n) is 9.01. The largest absolute Gasteiger partial charge is 0.300 e. The zero-order valence-corrected chi connectivity index (χ0v) is 9.01. The number of carbonyl (C=O) groups excluding carboxylic acids is 1. The molecule has 0 saturated heterocycles. The van der Waals surface area contributed by atoms with Crippen molar-refractivity contribution in [2.45, 2.75) is 58.8 Å².